The maximum absolute atomic E-state index is 14.9. The Morgan fingerprint density at radius 1 is 0.625 bits per heavy atom. The van der Waals surface area contributed by atoms with E-state index in [1.54, 1.807) is 27.7 Å². The lowest BCUT2D eigenvalue weighted by Gasteiger charge is -2.22. The molecule has 0 atom stereocenters. The molecule has 0 saturated heterocycles. The second-order valence-electron chi connectivity index (χ2n) is 15.3. The average molecular weight is 739 g/mol. The maximum atomic E-state index is 14.9. The van der Waals surface area contributed by atoms with Gasteiger partial charge in [0.2, 0.25) is 0 Å². The third-order valence-electron chi connectivity index (χ3n) is 11.4. The minimum Gasteiger partial charge on any atom is -0.328 e. The lowest BCUT2D eigenvalue weighted by atomic mass is 9.83. The van der Waals surface area contributed by atoms with Crippen molar-refractivity contribution in [2.75, 3.05) is 0 Å². The van der Waals surface area contributed by atoms with E-state index in [1.807, 2.05) is 26.0 Å². The van der Waals surface area contributed by atoms with Gasteiger partial charge >= 0.3 is 7.40 Å². The molecule has 0 radical (unpaired) electrons. The van der Waals surface area contributed by atoms with Gasteiger partial charge in [0, 0.05) is 22.5 Å². The summed E-state index contributed by atoms with van der Waals surface area (Å²) >= 11 is 0. The average Bonchev–Trinajstić information content (AvgIpc) is 3.54. The van der Waals surface area contributed by atoms with Gasteiger partial charge in [-0.15, -0.1) is 6.42 Å². The van der Waals surface area contributed by atoms with Crippen LogP contribution in [0.25, 0.3) is 39.0 Å². The molecule has 4 nitrogen and oxygen atoms in total. The number of allylic oxidation sites excluding steroid dienone is 2. The molecule has 2 heterocycles. The Morgan fingerprint density at radius 3 is 1.39 bits per heavy atom. The number of aliphatic imine (C=N–C) groups is 1. The Hall–Kier alpha value is -6.23. The molecule has 0 spiro atoms. The summed E-state index contributed by atoms with van der Waals surface area (Å²) in [6, 6.07) is 21.6. The number of benzene rings is 4. The fourth-order valence-electron chi connectivity index (χ4n) is 9.06. The van der Waals surface area contributed by atoms with Gasteiger partial charge in [-0.1, -0.05) is 42.3 Å². The minimum atomic E-state index is -2.89. The van der Waals surface area contributed by atoms with Crippen LogP contribution in [0, 0.1) is 104 Å². The van der Waals surface area contributed by atoms with E-state index in [0.29, 0.717) is 39.3 Å². The van der Waals surface area contributed by atoms with Gasteiger partial charge in [-0.2, -0.15) is 10.5 Å². The second kappa shape index (κ2) is 14.8. The van der Waals surface area contributed by atoms with Gasteiger partial charge in [-0.05, 0) is 190 Å². The number of hydrogen-bond acceptors (Lipinski definition) is 3. The molecule has 56 heavy (non-hydrogen) atoms. The Balaban J connectivity index is 1.51. The van der Waals surface area contributed by atoms with Crippen molar-refractivity contribution in [2.45, 2.75) is 83.1 Å². The quantitative estimate of drug-likeness (QED) is 0.129. The van der Waals surface area contributed by atoms with E-state index in [1.165, 1.54) is 22.3 Å². The fourth-order valence-corrected chi connectivity index (χ4v) is 9.06. The first-order valence-corrected chi connectivity index (χ1v) is 18.7. The van der Waals surface area contributed by atoms with Crippen molar-refractivity contribution in [2.24, 2.45) is 4.99 Å². The Bertz CT molecular complexity index is 2680. The molecule has 6 rings (SSSR count). The predicted molar refractivity (Wildman–Crippen MR) is 228 cm³/mol. The Morgan fingerprint density at radius 2 is 1.04 bits per heavy atom. The zero-order valence-corrected chi connectivity index (χ0v) is 34.3. The molecule has 0 aliphatic carbocycles. The van der Waals surface area contributed by atoms with E-state index in [2.05, 4.69) is 96.0 Å². The first-order valence-electron chi connectivity index (χ1n) is 18.7. The number of aryl methyl sites for hydroxylation is 8. The number of nitrogens with zero attached hydrogens (tertiary/aromatic N) is 4. The minimum absolute atomic E-state index is 0.189. The zero-order chi connectivity index (χ0) is 41.1. The van der Waals surface area contributed by atoms with Crippen molar-refractivity contribution in [1.82, 2.24) is 4.48 Å². The van der Waals surface area contributed by atoms with E-state index >= 15 is 0 Å². The molecule has 1 aromatic heterocycles. The summed E-state index contributed by atoms with van der Waals surface area (Å²) in [6.07, 6.45) is 5.72. The second-order valence-corrected chi connectivity index (χ2v) is 15.3. The molecule has 7 heteroatoms. The van der Waals surface area contributed by atoms with Crippen LogP contribution in [0.4, 0.5) is 8.63 Å². The SMILES string of the molecule is C#Cc1cc(C)c(-c2c(C)cc(-c3cc(C)c(-c4c(C)cc(/C(=C5/N=C(C)C(C#N)=C5C)c5c(C)c(C#N)c(C)n5B(F)F)cc4C)c(C)c3)cc2C)c(C)c1. The lowest BCUT2D eigenvalue weighted by molar-refractivity contribution is 0.624. The molecule has 0 unspecified atom stereocenters. The molecule has 5 aromatic rings. The van der Waals surface area contributed by atoms with Crippen LogP contribution in [0.15, 0.2) is 70.4 Å². The number of hydrogen-bond donors (Lipinski definition) is 0. The van der Waals surface area contributed by atoms with Crippen molar-refractivity contribution in [3.05, 3.63) is 144 Å². The van der Waals surface area contributed by atoms with Gasteiger partial charge in [-0.25, -0.2) is 0 Å². The maximum Gasteiger partial charge on any atom is 0.677 e. The highest BCUT2D eigenvalue weighted by Crippen LogP contribution is 2.44. The van der Waals surface area contributed by atoms with E-state index in [9.17, 15) is 19.2 Å². The number of aromatic nitrogens is 1. The van der Waals surface area contributed by atoms with Crippen LogP contribution >= 0.6 is 0 Å². The summed E-state index contributed by atoms with van der Waals surface area (Å²) in [5.74, 6) is 2.77. The van der Waals surface area contributed by atoms with Crippen LogP contribution in [0.2, 0.25) is 0 Å². The lowest BCUT2D eigenvalue weighted by Crippen LogP contribution is -2.18. The molecule has 0 fully saturated rings. The largest absolute Gasteiger partial charge is 0.677 e. The summed E-state index contributed by atoms with van der Waals surface area (Å²) in [4.78, 5) is 4.79. The monoisotopic (exact) mass is 738 g/mol. The van der Waals surface area contributed by atoms with Crippen molar-refractivity contribution < 1.29 is 8.63 Å². The van der Waals surface area contributed by atoms with Crippen molar-refractivity contribution in [3.63, 3.8) is 0 Å². The smallest absolute Gasteiger partial charge is 0.328 e. The van der Waals surface area contributed by atoms with Gasteiger partial charge in [0.1, 0.15) is 12.1 Å². The Kier molecular flexibility index (Phi) is 10.4. The summed E-state index contributed by atoms with van der Waals surface area (Å²) in [5.41, 5.74) is 21.0. The fraction of sp³-hybridized carbons (Fsp3) is 0.245. The molecular formula is C49H45BF2N4. The third-order valence-corrected chi connectivity index (χ3v) is 11.4. The molecule has 0 bridgehead atoms. The van der Waals surface area contributed by atoms with E-state index < -0.39 is 7.40 Å². The van der Waals surface area contributed by atoms with Crippen LogP contribution in [-0.2, 0) is 0 Å². The molecule has 0 amide bonds. The zero-order valence-electron chi connectivity index (χ0n) is 34.3. The van der Waals surface area contributed by atoms with Crippen LogP contribution in [0.5, 0.6) is 0 Å². The highest BCUT2D eigenvalue weighted by Gasteiger charge is 2.33. The van der Waals surface area contributed by atoms with E-state index in [-0.39, 0.29) is 17.0 Å². The highest BCUT2D eigenvalue weighted by molar-refractivity contribution is 6.41. The number of rotatable bonds is 6. The van der Waals surface area contributed by atoms with E-state index in [4.69, 9.17) is 11.4 Å². The molecular weight excluding hydrogens is 693 g/mol. The first-order chi connectivity index (χ1) is 26.4. The van der Waals surface area contributed by atoms with Crippen molar-refractivity contribution >= 4 is 18.7 Å². The van der Waals surface area contributed by atoms with E-state index in [0.717, 1.165) is 65.7 Å². The van der Waals surface area contributed by atoms with Gasteiger partial charge in [0.15, 0.2) is 0 Å². The van der Waals surface area contributed by atoms with Gasteiger partial charge < -0.3 is 4.48 Å². The summed E-state index contributed by atoms with van der Waals surface area (Å²) < 4.78 is 30.7. The molecule has 1 aliphatic rings. The highest BCUT2D eigenvalue weighted by atomic mass is 19.2. The van der Waals surface area contributed by atoms with Crippen LogP contribution in [-0.4, -0.2) is 17.6 Å². The number of terminal acetylenes is 1. The summed E-state index contributed by atoms with van der Waals surface area (Å²) in [7, 11) is -2.89. The molecule has 0 N–H and O–H groups in total. The van der Waals surface area contributed by atoms with Crippen LogP contribution in [0.1, 0.15) is 92.0 Å². The summed E-state index contributed by atoms with van der Waals surface area (Å²) in [5, 5.41) is 20.0. The molecule has 0 saturated carbocycles. The number of halogens is 2. The van der Waals surface area contributed by atoms with Gasteiger partial charge in [0.25, 0.3) is 0 Å². The molecule has 278 valence electrons. The number of nitriles is 2. The standard InChI is InChI=1S/C49H45BF2N4/c1-14-37-15-25(2)43(26(3)16-37)44-27(4)17-38(18-28(44)5)39-19-29(6)45(30(7)20-39)46-31(8)21-40(22-32(46)9)47(48-33(10)41(23-53)35(12)55-48)49-34(11)42(24-54)36(13)56(49)50(51)52/h1,15-22H,2-13H3/b48-47-. The van der Waals surface area contributed by atoms with Gasteiger partial charge in [0.05, 0.1) is 22.5 Å². The molecule has 4 aromatic carbocycles. The van der Waals surface area contributed by atoms with Crippen LogP contribution < -0.4 is 0 Å². The van der Waals surface area contributed by atoms with Crippen molar-refractivity contribution in [3.8, 4) is 57.9 Å². The Labute approximate surface area is 330 Å². The van der Waals surface area contributed by atoms with Crippen LogP contribution in [0.3, 0.4) is 0 Å². The van der Waals surface area contributed by atoms with Crippen molar-refractivity contribution in [1.29, 1.82) is 10.5 Å². The van der Waals surface area contributed by atoms with Gasteiger partial charge in [-0.3, -0.25) is 13.6 Å². The first kappa shape index (κ1) is 39.5. The molecule has 1 aliphatic heterocycles. The normalized spacial score (nSPS) is 13.4. The summed E-state index contributed by atoms with van der Waals surface area (Å²) in [6.45, 7) is 23.8. The third kappa shape index (κ3) is 6.40. The topological polar surface area (TPSA) is 64.9 Å². The predicted octanol–water partition coefficient (Wildman–Crippen LogP) is 12.3.